The Morgan fingerprint density at radius 1 is 0.645 bits per heavy atom. The van der Waals surface area contributed by atoms with Crippen molar-refractivity contribution < 1.29 is 43.3 Å². The van der Waals surface area contributed by atoms with Crippen LogP contribution in [-0.4, -0.2) is 31.9 Å². The number of hydrogen-bond donors (Lipinski definition) is 0. The van der Waals surface area contributed by atoms with Gasteiger partial charge in [0.1, 0.15) is 6.79 Å². The van der Waals surface area contributed by atoms with Gasteiger partial charge in [-0.2, -0.15) is 0 Å². The third kappa shape index (κ3) is 39.3. The van der Waals surface area contributed by atoms with Crippen LogP contribution in [0.1, 0.15) is 79.1 Å². The van der Waals surface area contributed by atoms with Gasteiger partial charge in [-0.1, -0.05) is 76.0 Å². The number of carbonyl (C=O) groups excluding carboxylic acids is 3. The molecule has 0 aliphatic rings. The first-order valence-corrected chi connectivity index (χ1v) is 10.9. The van der Waals surface area contributed by atoms with E-state index in [9.17, 15) is 9.59 Å². The van der Waals surface area contributed by atoms with Gasteiger partial charge < -0.3 is 14.3 Å². The topological polar surface area (TPSA) is 69.7 Å². The zero-order chi connectivity index (χ0) is 23.3. The molecule has 0 N–H and O–H groups in total. The molecule has 0 saturated heterocycles. The molecule has 0 radical (unpaired) electrons. The molecule has 0 bridgehead atoms. The molecule has 5 nitrogen and oxygen atoms in total. The molecule has 0 aromatic rings. The first kappa shape index (κ1) is 36.6. The maximum atomic E-state index is 10.8. The summed E-state index contributed by atoms with van der Waals surface area (Å²) in [5.41, 5.74) is 0. The number of hydrogen-bond acceptors (Lipinski definition) is 5. The van der Waals surface area contributed by atoms with Gasteiger partial charge in [0.25, 0.3) is 0 Å². The van der Waals surface area contributed by atoms with E-state index >= 15 is 0 Å². The van der Waals surface area contributed by atoms with E-state index in [0.717, 1.165) is 12.8 Å². The standard InChI is InChI=1S/2C12H20O2.CH2O.Ru/c2*1-3-5-6-7-8-9-10-11-12(13)14-4-2;1-2;/h2*8-11H,3-7H2,1-2H3;1H2;. The van der Waals surface area contributed by atoms with Crippen LogP contribution in [0.2, 0.25) is 0 Å². The molecule has 0 aliphatic carbocycles. The van der Waals surface area contributed by atoms with Gasteiger partial charge in [0.05, 0.1) is 13.2 Å². The Hall–Kier alpha value is -1.81. The van der Waals surface area contributed by atoms with Crippen LogP contribution in [0.5, 0.6) is 0 Å². The minimum Gasteiger partial charge on any atom is -0.463 e. The predicted molar refractivity (Wildman–Crippen MR) is 125 cm³/mol. The van der Waals surface area contributed by atoms with Crippen LogP contribution >= 0.6 is 0 Å². The molecule has 0 aromatic carbocycles. The van der Waals surface area contributed by atoms with Gasteiger partial charge in [-0.15, -0.1) is 0 Å². The van der Waals surface area contributed by atoms with Crippen LogP contribution in [0, 0.1) is 0 Å². The van der Waals surface area contributed by atoms with Crippen molar-refractivity contribution >= 4 is 18.7 Å². The van der Waals surface area contributed by atoms with Crippen LogP contribution in [0.15, 0.2) is 48.6 Å². The zero-order valence-electron chi connectivity index (χ0n) is 19.8. The van der Waals surface area contributed by atoms with Crippen LogP contribution in [-0.2, 0) is 43.3 Å². The van der Waals surface area contributed by atoms with E-state index in [0.29, 0.717) is 13.2 Å². The summed E-state index contributed by atoms with van der Waals surface area (Å²) in [6.45, 7) is 10.8. The van der Waals surface area contributed by atoms with Crippen molar-refractivity contribution in [1.82, 2.24) is 0 Å². The second kappa shape index (κ2) is 35.6. The van der Waals surface area contributed by atoms with Crippen LogP contribution in [0.3, 0.4) is 0 Å². The number of rotatable bonds is 14. The fourth-order valence-corrected chi connectivity index (χ4v) is 2.02. The summed E-state index contributed by atoms with van der Waals surface area (Å²) in [5.74, 6) is -0.545. The molecular formula is C25H42O5Ru. The minimum absolute atomic E-state index is 0. The Balaban J connectivity index is -0.000000211. The predicted octanol–water partition coefficient (Wildman–Crippen LogP) is 6.30. The number of ether oxygens (including phenoxy) is 2. The zero-order valence-corrected chi connectivity index (χ0v) is 21.5. The molecule has 0 saturated carbocycles. The first-order chi connectivity index (χ1) is 14.6. The third-order valence-electron chi connectivity index (χ3n) is 3.48. The van der Waals surface area contributed by atoms with Gasteiger partial charge in [0.2, 0.25) is 0 Å². The van der Waals surface area contributed by atoms with Crippen molar-refractivity contribution in [2.75, 3.05) is 13.2 Å². The van der Waals surface area contributed by atoms with Crippen molar-refractivity contribution in [3.8, 4) is 0 Å². The fourth-order valence-electron chi connectivity index (χ4n) is 2.02. The van der Waals surface area contributed by atoms with Crippen molar-refractivity contribution in [3.05, 3.63) is 48.6 Å². The molecule has 31 heavy (non-hydrogen) atoms. The quantitative estimate of drug-likeness (QED) is 0.0879. The number of carbonyl (C=O) groups is 3. The van der Waals surface area contributed by atoms with Crippen molar-refractivity contribution in [2.45, 2.75) is 79.1 Å². The summed E-state index contributed by atoms with van der Waals surface area (Å²) in [6, 6.07) is 0. The molecule has 0 unspecified atom stereocenters. The Morgan fingerprint density at radius 3 is 1.29 bits per heavy atom. The van der Waals surface area contributed by atoms with Gasteiger partial charge in [-0.05, 0) is 39.5 Å². The number of esters is 2. The van der Waals surface area contributed by atoms with E-state index in [1.807, 2.05) is 18.9 Å². The molecule has 0 spiro atoms. The van der Waals surface area contributed by atoms with Crippen LogP contribution < -0.4 is 0 Å². The SMILES string of the molecule is C=O.CCCCCC=CC=CC(=O)OCC.CCCCCC=CC=CC(=O)OCC.[Ru]. The number of unbranched alkanes of at least 4 members (excludes halogenated alkanes) is 6. The van der Waals surface area contributed by atoms with Crippen LogP contribution in [0.4, 0.5) is 0 Å². The molecule has 0 fully saturated rings. The molecule has 180 valence electrons. The average Bonchev–Trinajstić information content (AvgIpc) is 2.75. The summed E-state index contributed by atoms with van der Waals surface area (Å²) in [4.78, 5) is 29.7. The van der Waals surface area contributed by atoms with Crippen molar-refractivity contribution in [2.24, 2.45) is 0 Å². The Labute approximate surface area is 202 Å². The van der Waals surface area contributed by atoms with E-state index < -0.39 is 0 Å². The van der Waals surface area contributed by atoms with E-state index in [1.54, 1.807) is 26.0 Å². The van der Waals surface area contributed by atoms with Crippen molar-refractivity contribution in [3.63, 3.8) is 0 Å². The largest absolute Gasteiger partial charge is 0.463 e. The van der Waals surface area contributed by atoms with Crippen molar-refractivity contribution in [1.29, 1.82) is 0 Å². The maximum absolute atomic E-state index is 10.8. The number of allylic oxidation sites excluding steroid dienone is 6. The van der Waals surface area contributed by atoms with Gasteiger partial charge in [0, 0.05) is 31.6 Å². The summed E-state index contributed by atoms with van der Waals surface area (Å²) >= 11 is 0. The Morgan fingerprint density at radius 2 is 1.00 bits per heavy atom. The van der Waals surface area contributed by atoms with E-state index in [1.165, 1.54) is 50.7 Å². The summed E-state index contributed by atoms with van der Waals surface area (Å²) in [5, 5.41) is 0. The summed E-state index contributed by atoms with van der Waals surface area (Å²) < 4.78 is 9.45. The normalized spacial score (nSPS) is 10.3. The van der Waals surface area contributed by atoms with E-state index in [-0.39, 0.29) is 31.4 Å². The van der Waals surface area contributed by atoms with Gasteiger partial charge in [0.15, 0.2) is 0 Å². The fraction of sp³-hybridized carbons (Fsp3) is 0.560. The minimum atomic E-state index is -0.272. The smallest absolute Gasteiger partial charge is 0.330 e. The second-order valence-electron chi connectivity index (χ2n) is 6.07. The second-order valence-corrected chi connectivity index (χ2v) is 6.07. The molecular weight excluding hydrogens is 481 g/mol. The molecule has 0 aromatic heterocycles. The molecule has 0 amide bonds. The molecule has 6 heteroatoms. The first-order valence-electron chi connectivity index (χ1n) is 10.9. The summed E-state index contributed by atoms with van der Waals surface area (Å²) in [7, 11) is 0. The summed E-state index contributed by atoms with van der Waals surface area (Å²) in [6.07, 6.45) is 23.9. The van der Waals surface area contributed by atoms with E-state index in [2.05, 4.69) is 26.0 Å². The monoisotopic (exact) mass is 524 g/mol. The van der Waals surface area contributed by atoms with Gasteiger partial charge >= 0.3 is 11.9 Å². The molecule has 0 atom stereocenters. The Kier molecular flexibility index (Phi) is 42.0. The molecule has 0 heterocycles. The molecule has 0 rings (SSSR count). The average molecular weight is 524 g/mol. The van der Waals surface area contributed by atoms with Gasteiger partial charge in [-0.3, -0.25) is 0 Å². The Bertz CT molecular complexity index is 452. The van der Waals surface area contributed by atoms with E-state index in [4.69, 9.17) is 14.3 Å². The third-order valence-corrected chi connectivity index (χ3v) is 3.48. The maximum Gasteiger partial charge on any atom is 0.330 e. The molecule has 0 aliphatic heterocycles. The van der Waals surface area contributed by atoms with Gasteiger partial charge in [-0.25, -0.2) is 9.59 Å². The van der Waals surface area contributed by atoms with Crippen LogP contribution in [0.25, 0.3) is 0 Å².